The summed E-state index contributed by atoms with van der Waals surface area (Å²) in [5.41, 5.74) is 4.43. The first kappa shape index (κ1) is 17.5. The van der Waals surface area contributed by atoms with E-state index in [1.54, 1.807) is 30.3 Å². The predicted molar refractivity (Wildman–Crippen MR) is 95.0 cm³/mol. The Morgan fingerprint density at radius 2 is 1.89 bits per heavy atom. The molecule has 0 saturated carbocycles. The van der Waals surface area contributed by atoms with Crippen molar-refractivity contribution in [2.24, 2.45) is 10.2 Å². The number of aromatic nitrogens is 2. The van der Waals surface area contributed by atoms with Crippen LogP contribution in [0.5, 0.6) is 0 Å². The summed E-state index contributed by atoms with van der Waals surface area (Å²) < 4.78 is 1.16. The van der Waals surface area contributed by atoms with Crippen molar-refractivity contribution in [3.8, 4) is 5.69 Å². The van der Waals surface area contributed by atoms with Gasteiger partial charge in [0.05, 0.1) is 16.2 Å². The van der Waals surface area contributed by atoms with Gasteiger partial charge < -0.3 is 10.8 Å². The number of nitrogens with zero attached hydrogens (tertiary/aromatic N) is 4. The van der Waals surface area contributed by atoms with E-state index >= 15 is 0 Å². The zero-order valence-electron chi connectivity index (χ0n) is 13.6. The summed E-state index contributed by atoms with van der Waals surface area (Å²) in [6.45, 7) is 0. The molecule has 27 heavy (non-hydrogen) atoms. The van der Waals surface area contributed by atoms with Crippen LogP contribution in [-0.4, -0.2) is 25.8 Å². The molecule has 0 unspecified atom stereocenters. The molecule has 3 aromatic rings. The van der Waals surface area contributed by atoms with E-state index in [-0.39, 0.29) is 22.8 Å². The molecule has 11 nitrogen and oxygen atoms in total. The molecule has 0 aliphatic rings. The molecule has 2 aromatic carbocycles. The van der Waals surface area contributed by atoms with Gasteiger partial charge in [-0.05, 0) is 24.3 Å². The number of carboxylic acid groups (broad SMARTS) is 1. The van der Waals surface area contributed by atoms with Gasteiger partial charge in [0.2, 0.25) is 0 Å². The first-order valence-corrected chi connectivity index (χ1v) is 7.48. The molecule has 136 valence electrons. The van der Waals surface area contributed by atoms with Gasteiger partial charge >= 0.3 is 11.5 Å². The zero-order valence-corrected chi connectivity index (χ0v) is 13.6. The number of rotatable bonds is 5. The van der Waals surface area contributed by atoms with E-state index < -0.39 is 22.1 Å². The minimum absolute atomic E-state index is 0.0718. The second-order valence-electron chi connectivity index (χ2n) is 5.32. The van der Waals surface area contributed by atoms with Crippen LogP contribution in [-0.2, 0) is 0 Å². The van der Waals surface area contributed by atoms with Crippen LogP contribution in [0.3, 0.4) is 0 Å². The lowest BCUT2D eigenvalue weighted by atomic mass is 10.2. The molecule has 1 heterocycles. The maximum atomic E-state index is 12.5. The maximum Gasteiger partial charge on any atom is 0.335 e. The first-order chi connectivity index (χ1) is 12.9. The molecule has 0 aliphatic carbocycles. The fourth-order valence-electron chi connectivity index (χ4n) is 2.29. The summed E-state index contributed by atoms with van der Waals surface area (Å²) in [5.74, 6) is -1.39. The van der Waals surface area contributed by atoms with Crippen molar-refractivity contribution in [1.29, 1.82) is 0 Å². The third-order valence-electron chi connectivity index (χ3n) is 3.58. The zero-order chi connectivity index (χ0) is 19.6. The van der Waals surface area contributed by atoms with Crippen LogP contribution < -0.4 is 11.3 Å². The number of nitrogens with two attached hydrogens (primary N) is 1. The van der Waals surface area contributed by atoms with Crippen molar-refractivity contribution >= 4 is 28.8 Å². The maximum absolute atomic E-state index is 12.5. The number of aromatic carboxylic acids is 1. The van der Waals surface area contributed by atoms with E-state index in [9.17, 15) is 19.7 Å². The molecule has 0 amide bonds. The van der Waals surface area contributed by atoms with Crippen molar-refractivity contribution in [1.82, 2.24) is 9.78 Å². The number of nitro groups is 1. The van der Waals surface area contributed by atoms with Gasteiger partial charge in [-0.2, -0.15) is 0 Å². The van der Waals surface area contributed by atoms with Crippen LogP contribution in [0, 0.1) is 10.1 Å². The minimum Gasteiger partial charge on any atom is -0.478 e. The molecule has 0 saturated heterocycles. The summed E-state index contributed by atoms with van der Waals surface area (Å²) in [7, 11) is 0. The molecule has 0 fully saturated rings. The molecule has 0 aliphatic heterocycles. The second kappa shape index (κ2) is 6.92. The lowest BCUT2D eigenvalue weighted by Gasteiger charge is -1.99. The molecule has 0 bridgehead atoms. The minimum atomic E-state index is -1.32. The van der Waals surface area contributed by atoms with E-state index in [1.165, 1.54) is 0 Å². The molecule has 0 radical (unpaired) electrons. The lowest BCUT2D eigenvalue weighted by molar-refractivity contribution is -0.384. The van der Waals surface area contributed by atoms with Gasteiger partial charge in [0.15, 0.2) is 11.4 Å². The number of H-pyrrole nitrogens is 1. The Labute approximate surface area is 150 Å². The van der Waals surface area contributed by atoms with Gasteiger partial charge in [0.25, 0.3) is 5.69 Å². The smallest absolute Gasteiger partial charge is 0.335 e. The van der Waals surface area contributed by atoms with Crippen molar-refractivity contribution in [2.75, 3.05) is 5.73 Å². The Morgan fingerprint density at radius 1 is 1.19 bits per heavy atom. The summed E-state index contributed by atoms with van der Waals surface area (Å²) in [6.07, 6.45) is 0. The fourth-order valence-corrected chi connectivity index (χ4v) is 2.29. The van der Waals surface area contributed by atoms with Crippen LogP contribution in [0.25, 0.3) is 5.69 Å². The third kappa shape index (κ3) is 3.42. The van der Waals surface area contributed by atoms with Gasteiger partial charge in [0, 0.05) is 6.07 Å². The highest BCUT2D eigenvalue weighted by Gasteiger charge is 2.18. The molecule has 3 rings (SSSR count). The van der Waals surface area contributed by atoms with Crippen LogP contribution in [0.15, 0.2) is 63.6 Å². The molecule has 0 atom stereocenters. The van der Waals surface area contributed by atoms with Gasteiger partial charge in [-0.25, -0.2) is 9.48 Å². The summed E-state index contributed by atoms with van der Waals surface area (Å²) in [4.78, 5) is 33.8. The molecular formula is C16H12N6O5. The van der Waals surface area contributed by atoms with Crippen LogP contribution in [0.2, 0.25) is 0 Å². The number of aromatic amines is 1. The van der Waals surface area contributed by atoms with Gasteiger partial charge in [0.1, 0.15) is 5.82 Å². The topological polar surface area (TPSA) is 169 Å². The van der Waals surface area contributed by atoms with Crippen molar-refractivity contribution < 1.29 is 14.8 Å². The molecule has 11 heteroatoms. The van der Waals surface area contributed by atoms with Crippen LogP contribution in [0.1, 0.15) is 10.4 Å². The van der Waals surface area contributed by atoms with E-state index in [0.717, 1.165) is 22.9 Å². The van der Waals surface area contributed by atoms with Gasteiger partial charge in [-0.15, -0.1) is 10.2 Å². The van der Waals surface area contributed by atoms with Crippen molar-refractivity contribution in [2.45, 2.75) is 0 Å². The van der Waals surface area contributed by atoms with E-state index in [2.05, 4.69) is 15.3 Å². The number of hydrogen-bond donors (Lipinski definition) is 3. The number of anilines is 1. The first-order valence-electron chi connectivity index (χ1n) is 7.48. The average molecular weight is 368 g/mol. The third-order valence-corrected chi connectivity index (χ3v) is 3.58. The SMILES string of the molecule is Nc1[nH]n(-c2ccccc2)c(=O)c1N=Nc1ccc(C(=O)O)cc1[N+](=O)[O-]. The second-order valence-corrected chi connectivity index (χ2v) is 5.32. The number of carboxylic acids is 1. The summed E-state index contributed by atoms with van der Waals surface area (Å²) in [6, 6.07) is 11.7. The Hall–Kier alpha value is -4.28. The standard InChI is InChI=1S/C16H12N6O5/c17-14-13(15(23)21(20-14)10-4-2-1-3-5-10)19-18-11-7-6-9(16(24)25)8-12(11)22(26)27/h1-8,20H,17H2,(H,24,25). The number of carbonyl (C=O) groups is 1. The van der Waals surface area contributed by atoms with Crippen LogP contribution >= 0.6 is 0 Å². The predicted octanol–water partition coefficient (Wildman–Crippen LogP) is 2.77. The highest BCUT2D eigenvalue weighted by atomic mass is 16.6. The molecule has 1 aromatic heterocycles. The monoisotopic (exact) mass is 368 g/mol. The number of nitrogen functional groups attached to an aromatic ring is 1. The van der Waals surface area contributed by atoms with Gasteiger partial charge in [-0.3, -0.25) is 20.0 Å². The number of nitrogens with one attached hydrogen (secondary N) is 1. The average Bonchev–Trinajstić information content (AvgIpc) is 2.94. The number of hydrogen-bond acceptors (Lipinski definition) is 7. The van der Waals surface area contributed by atoms with Crippen molar-refractivity contribution in [3.05, 3.63) is 74.6 Å². The molecule has 4 N–H and O–H groups in total. The summed E-state index contributed by atoms with van der Waals surface area (Å²) >= 11 is 0. The van der Waals surface area contributed by atoms with Crippen molar-refractivity contribution in [3.63, 3.8) is 0 Å². The Bertz CT molecular complexity index is 1120. The molecule has 0 spiro atoms. The van der Waals surface area contributed by atoms with E-state index in [4.69, 9.17) is 10.8 Å². The van der Waals surface area contributed by atoms with E-state index in [0.29, 0.717) is 5.69 Å². The largest absolute Gasteiger partial charge is 0.478 e. The Kier molecular flexibility index (Phi) is 4.49. The highest BCUT2D eigenvalue weighted by molar-refractivity contribution is 5.89. The normalized spacial score (nSPS) is 11.0. The fraction of sp³-hybridized carbons (Fsp3) is 0. The number of benzene rings is 2. The van der Waals surface area contributed by atoms with E-state index in [1.807, 2.05) is 0 Å². The number of azo groups is 1. The molecular weight excluding hydrogens is 356 g/mol. The number of para-hydroxylation sites is 1. The van der Waals surface area contributed by atoms with Gasteiger partial charge in [-0.1, -0.05) is 18.2 Å². The Morgan fingerprint density at radius 3 is 2.52 bits per heavy atom. The Balaban J connectivity index is 2.03. The highest BCUT2D eigenvalue weighted by Crippen LogP contribution is 2.30. The summed E-state index contributed by atoms with van der Waals surface area (Å²) in [5, 5.41) is 30.1. The lowest BCUT2D eigenvalue weighted by Crippen LogP contribution is -2.13. The number of nitro benzene ring substituents is 1. The van der Waals surface area contributed by atoms with Crippen LogP contribution in [0.4, 0.5) is 22.9 Å². The quantitative estimate of drug-likeness (QED) is 0.355.